The Kier molecular flexibility index (Phi) is 6.28. The fraction of sp³-hybridized carbons (Fsp3) is 0.368. The second kappa shape index (κ2) is 8.90. The zero-order valence-corrected chi connectivity index (χ0v) is 16.9. The Balaban J connectivity index is 1.90. The van der Waals surface area contributed by atoms with Crippen LogP contribution >= 0.6 is 0 Å². The van der Waals surface area contributed by atoms with Crippen LogP contribution in [0.3, 0.4) is 0 Å². The number of hydrogen-bond acceptors (Lipinski definition) is 9. The molecule has 0 fully saturated rings. The van der Waals surface area contributed by atoms with Gasteiger partial charge in [-0.05, 0) is 32.0 Å². The van der Waals surface area contributed by atoms with Crippen molar-refractivity contribution in [2.75, 3.05) is 23.8 Å². The molecule has 11 nitrogen and oxygen atoms in total. The molecule has 1 amide bonds. The summed E-state index contributed by atoms with van der Waals surface area (Å²) in [5, 5.41) is 11.1. The second-order valence-electron chi connectivity index (χ2n) is 7.07. The first-order valence-electron chi connectivity index (χ1n) is 9.37. The van der Waals surface area contributed by atoms with Gasteiger partial charge >= 0.3 is 11.8 Å². The van der Waals surface area contributed by atoms with Crippen molar-refractivity contribution in [3.63, 3.8) is 0 Å². The maximum absolute atomic E-state index is 14.0. The Bertz CT molecular complexity index is 1000. The van der Waals surface area contributed by atoms with Gasteiger partial charge in [0.05, 0.1) is 17.0 Å². The summed E-state index contributed by atoms with van der Waals surface area (Å²) in [6.07, 6.45) is -1.46. The van der Waals surface area contributed by atoms with E-state index in [0.29, 0.717) is 17.1 Å². The molecule has 2 heterocycles. The smallest absolute Gasteiger partial charge is 0.404 e. The lowest BCUT2D eigenvalue weighted by Crippen LogP contribution is -2.41. The molecule has 1 aliphatic heterocycles. The van der Waals surface area contributed by atoms with Crippen molar-refractivity contribution in [3.8, 4) is 11.5 Å². The largest absolute Gasteiger partial charge is 0.487 e. The van der Waals surface area contributed by atoms with Gasteiger partial charge in [0.15, 0.2) is 11.6 Å². The minimum Gasteiger partial charge on any atom is -0.487 e. The number of amides is 1. The summed E-state index contributed by atoms with van der Waals surface area (Å²) in [5.41, 5.74) is 10.9. The molecule has 2 aromatic rings. The average molecular weight is 435 g/mol. The molecule has 0 aliphatic carbocycles. The van der Waals surface area contributed by atoms with Crippen LogP contribution in [-0.2, 0) is 11.3 Å². The van der Waals surface area contributed by atoms with E-state index in [1.807, 2.05) is 6.92 Å². The first-order chi connectivity index (χ1) is 14.7. The van der Waals surface area contributed by atoms with Crippen LogP contribution in [-0.4, -0.2) is 41.4 Å². The van der Waals surface area contributed by atoms with Crippen LogP contribution in [0, 0.1) is 15.9 Å². The SMILES string of the molecule is CC(COC(N)=O)Oc1ccc(F)cc1CN1c2nc(N)c([N+](=O)[O-])cc2OC[C@H]1C. The molecule has 2 atom stereocenters. The van der Waals surface area contributed by atoms with Gasteiger partial charge in [0.2, 0.25) is 5.82 Å². The number of rotatable bonds is 7. The molecule has 0 spiro atoms. The van der Waals surface area contributed by atoms with Gasteiger partial charge in [0.25, 0.3) is 0 Å². The summed E-state index contributed by atoms with van der Waals surface area (Å²) in [4.78, 5) is 27.3. The van der Waals surface area contributed by atoms with E-state index in [9.17, 15) is 19.3 Å². The Morgan fingerprint density at radius 1 is 1.48 bits per heavy atom. The van der Waals surface area contributed by atoms with E-state index in [2.05, 4.69) is 4.98 Å². The van der Waals surface area contributed by atoms with Crippen LogP contribution < -0.4 is 25.8 Å². The van der Waals surface area contributed by atoms with Crippen molar-refractivity contribution in [2.45, 2.75) is 32.5 Å². The lowest BCUT2D eigenvalue weighted by atomic mass is 10.1. The molecule has 0 saturated carbocycles. The number of halogens is 1. The molecular formula is C19H22FN5O6. The van der Waals surface area contributed by atoms with E-state index in [1.54, 1.807) is 11.8 Å². The maximum Gasteiger partial charge on any atom is 0.404 e. The molecule has 1 unspecified atom stereocenters. The molecule has 0 saturated heterocycles. The summed E-state index contributed by atoms with van der Waals surface area (Å²) in [6, 6.07) is 5.06. The molecule has 0 bridgehead atoms. The number of primary amides is 1. The molecule has 3 rings (SSSR count). The fourth-order valence-corrected chi connectivity index (χ4v) is 3.11. The van der Waals surface area contributed by atoms with Gasteiger partial charge in [0, 0.05) is 12.1 Å². The molecule has 0 radical (unpaired) electrons. The van der Waals surface area contributed by atoms with Gasteiger partial charge < -0.3 is 30.6 Å². The van der Waals surface area contributed by atoms with E-state index in [4.69, 9.17) is 25.7 Å². The lowest BCUT2D eigenvalue weighted by molar-refractivity contribution is -0.384. The number of carbonyl (C=O) groups excluding carboxylic acids is 1. The summed E-state index contributed by atoms with van der Waals surface area (Å²) in [7, 11) is 0. The zero-order chi connectivity index (χ0) is 22.7. The number of ether oxygens (including phenoxy) is 3. The minimum absolute atomic E-state index is 0.0787. The van der Waals surface area contributed by atoms with E-state index >= 15 is 0 Å². The van der Waals surface area contributed by atoms with Crippen molar-refractivity contribution >= 4 is 23.4 Å². The third-order valence-corrected chi connectivity index (χ3v) is 4.61. The number of carbonyl (C=O) groups is 1. The van der Waals surface area contributed by atoms with Crippen LogP contribution in [0.2, 0.25) is 0 Å². The summed E-state index contributed by atoms with van der Waals surface area (Å²) in [6.45, 7) is 3.86. The molecule has 1 aromatic heterocycles. The van der Waals surface area contributed by atoms with Crippen molar-refractivity contribution < 1.29 is 28.3 Å². The van der Waals surface area contributed by atoms with Gasteiger partial charge in [-0.25, -0.2) is 14.2 Å². The molecule has 1 aromatic carbocycles. The number of fused-ring (bicyclic) bond motifs is 1. The topological polar surface area (TPSA) is 156 Å². The monoisotopic (exact) mass is 435 g/mol. The first-order valence-corrected chi connectivity index (χ1v) is 9.37. The van der Waals surface area contributed by atoms with Gasteiger partial charge in [-0.2, -0.15) is 0 Å². The summed E-state index contributed by atoms with van der Waals surface area (Å²) < 4.78 is 30.1. The average Bonchev–Trinajstić information content (AvgIpc) is 2.70. The van der Waals surface area contributed by atoms with E-state index in [-0.39, 0.29) is 43.1 Å². The number of hydrogen-bond donors (Lipinski definition) is 2. The second-order valence-corrected chi connectivity index (χ2v) is 7.07. The highest BCUT2D eigenvalue weighted by Gasteiger charge is 2.30. The highest BCUT2D eigenvalue weighted by molar-refractivity contribution is 5.67. The molecule has 166 valence electrons. The number of pyridine rings is 1. The van der Waals surface area contributed by atoms with Crippen molar-refractivity contribution in [1.82, 2.24) is 4.98 Å². The standard InChI is InChI=1S/C19H22FN5O6/c1-10-8-29-16-6-14(25(27)28)17(21)23-18(16)24(10)7-12-5-13(20)3-4-15(12)31-11(2)9-30-19(22)26/h3-6,10-11H,7-9H2,1-2H3,(H2,21,23)(H2,22,26)/t10-,11?/m1/s1. The molecule has 1 aliphatic rings. The Labute approximate surface area is 176 Å². The van der Waals surface area contributed by atoms with Crippen molar-refractivity contribution in [1.29, 1.82) is 0 Å². The predicted octanol–water partition coefficient (Wildman–Crippen LogP) is 2.36. The van der Waals surface area contributed by atoms with Gasteiger partial charge in [-0.15, -0.1) is 0 Å². The summed E-state index contributed by atoms with van der Waals surface area (Å²) >= 11 is 0. The quantitative estimate of drug-likeness (QED) is 0.492. The third kappa shape index (κ3) is 5.02. The van der Waals surface area contributed by atoms with Crippen molar-refractivity contribution in [3.05, 3.63) is 45.8 Å². The van der Waals surface area contributed by atoms with Crippen LogP contribution in [0.15, 0.2) is 24.3 Å². The number of benzene rings is 1. The number of nitrogens with two attached hydrogens (primary N) is 2. The Hall–Kier alpha value is -3.83. The normalized spacial score (nSPS) is 16.1. The highest BCUT2D eigenvalue weighted by Crippen LogP contribution is 2.39. The van der Waals surface area contributed by atoms with Crippen molar-refractivity contribution in [2.24, 2.45) is 5.73 Å². The van der Waals surface area contributed by atoms with E-state index in [1.165, 1.54) is 24.3 Å². The molecular weight excluding hydrogens is 413 g/mol. The fourth-order valence-electron chi connectivity index (χ4n) is 3.11. The number of nitro groups is 1. The van der Waals surface area contributed by atoms with Crippen LogP contribution in [0.5, 0.6) is 11.5 Å². The Morgan fingerprint density at radius 2 is 2.23 bits per heavy atom. The number of nitrogens with zero attached hydrogens (tertiary/aromatic N) is 3. The van der Waals surface area contributed by atoms with Crippen LogP contribution in [0.1, 0.15) is 19.4 Å². The van der Waals surface area contributed by atoms with Gasteiger partial charge in [0.1, 0.15) is 30.9 Å². The number of nitrogen functional groups attached to an aromatic ring is 1. The number of aromatic nitrogens is 1. The predicted molar refractivity (Wildman–Crippen MR) is 108 cm³/mol. The van der Waals surface area contributed by atoms with E-state index in [0.717, 1.165) is 0 Å². The molecule has 12 heteroatoms. The minimum atomic E-state index is -0.925. The molecule has 4 N–H and O–H groups in total. The lowest BCUT2D eigenvalue weighted by Gasteiger charge is -2.36. The zero-order valence-electron chi connectivity index (χ0n) is 16.9. The Morgan fingerprint density at radius 3 is 2.90 bits per heavy atom. The van der Waals surface area contributed by atoms with E-state index < -0.39 is 22.9 Å². The maximum atomic E-state index is 14.0. The first kappa shape index (κ1) is 21.9. The van der Waals surface area contributed by atoms with Gasteiger partial charge in [-0.1, -0.05) is 0 Å². The van der Waals surface area contributed by atoms with Crippen LogP contribution in [0.4, 0.5) is 26.5 Å². The third-order valence-electron chi connectivity index (χ3n) is 4.61. The summed E-state index contributed by atoms with van der Waals surface area (Å²) in [5.74, 6) is 0.167. The number of anilines is 2. The van der Waals surface area contributed by atoms with Gasteiger partial charge in [-0.3, -0.25) is 10.1 Å². The van der Waals surface area contributed by atoms with Crippen LogP contribution in [0.25, 0.3) is 0 Å². The highest BCUT2D eigenvalue weighted by atomic mass is 19.1. The molecule has 31 heavy (non-hydrogen) atoms.